The Hall–Kier alpha value is -2.10. The Labute approximate surface area is 81.1 Å². The molecule has 0 N–H and O–H groups in total. The van der Waals surface area contributed by atoms with E-state index in [0.29, 0.717) is 0 Å². The molecule has 0 aliphatic carbocycles. The van der Waals surface area contributed by atoms with Crippen molar-refractivity contribution in [3.63, 3.8) is 0 Å². The number of carbonyl (C=O) groups is 2. The Bertz CT molecular complexity index is 311. The van der Waals surface area contributed by atoms with E-state index in [1.165, 1.54) is 12.1 Å². The Morgan fingerprint density at radius 1 is 0.929 bits per heavy atom. The fourth-order valence-corrected chi connectivity index (χ4v) is 0.839. The molecule has 0 unspecified atom stereocenters. The van der Waals surface area contributed by atoms with Gasteiger partial charge in [0.2, 0.25) is 0 Å². The molecule has 0 bridgehead atoms. The van der Waals surface area contributed by atoms with Crippen LogP contribution in [0.1, 0.15) is 20.7 Å². The number of hydrogen-bond acceptors (Lipinski definition) is 4. The van der Waals surface area contributed by atoms with E-state index >= 15 is 0 Å². The van der Waals surface area contributed by atoms with Gasteiger partial charge < -0.3 is 19.8 Å². The van der Waals surface area contributed by atoms with E-state index in [2.05, 4.69) is 13.2 Å². The maximum Gasteiger partial charge on any atom is 0.0721 e. The third-order valence-electron chi connectivity index (χ3n) is 1.37. The van der Waals surface area contributed by atoms with Crippen molar-refractivity contribution in [1.82, 2.24) is 0 Å². The average Bonchev–Trinajstić information content (AvgIpc) is 2.20. The second-order valence-corrected chi connectivity index (χ2v) is 2.12. The van der Waals surface area contributed by atoms with Gasteiger partial charge >= 0.3 is 0 Å². The summed E-state index contributed by atoms with van der Waals surface area (Å²) in [6.07, 6.45) is 0. The maximum absolute atomic E-state index is 10.3. The van der Waals surface area contributed by atoms with Gasteiger partial charge in [0.05, 0.1) is 11.9 Å². The maximum atomic E-state index is 10.3. The third-order valence-corrected chi connectivity index (χ3v) is 1.37. The number of carboxylic acid groups (broad SMARTS) is 2. The molecule has 4 nitrogen and oxygen atoms in total. The minimum absolute atomic E-state index is 0.363. The second-order valence-electron chi connectivity index (χ2n) is 2.12. The van der Waals surface area contributed by atoms with Gasteiger partial charge in [-0.1, -0.05) is 24.3 Å². The van der Waals surface area contributed by atoms with Crippen LogP contribution in [-0.4, -0.2) is 11.9 Å². The van der Waals surface area contributed by atoms with Crippen LogP contribution in [0, 0.1) is 0 Å². The summed E-state index contributed by atoms with van der Waals surface area (Å²) >= 11 is 0. The van der Waals surface area contributed by atoms with Crippen LogP contribution in [0.2, 0.25) is 0 Å². The highest BCUT2D eigenvalue weighted by Crippen LogP contribution is 2.05. The van der Waals surface area contributed by atoms with Crippen LogP contribution in [0.4, 0.5) is 0 Å². The lowest BCUT2D eigenvalue weighted by molar-refractivity contribution is -0.259. The van der Waals surface area contributed by atoms with Crippen LogP contribution >= 0.6 is 0 Å². The average molecular weight is 192 g/mol. The van der Waals surface area contributed by atoms with Gasteiger partial charge in [-0.3, -0.25) is 0 Å². The lowest BCUT2D eigenvalue weighted by atomic mass is 10.1. The highest BCUT2D eigenvalue weighted by atomic mass is 16.4. The molecule has 0 radical (unpaired) electrons. The summed E-state index contributed by atoms with van der Waals surface area (Å²) in [4.78, 5) is 20.6. The number of benzene rings is 1. The summed E-state index contributed by atoms with van der Waals surface area (Å²) < 4.78 is 0. The van der Waals surface area contributed by atoms with Crippen LogP contribution in [0.3, 0.4) is 0 Å². The van der Waals surface area contributed by atoms with Gasteiger partial charge in [0.25, 0.3) is 0 Å². The highest BCUT2D eigenvalue weighted by molar-refractivity contribution is 5.99. The smallest absolute Gasteiger partial charge is 0.0721 e. The van der Waals surface area contributed by atoms with E-state index in [0.717, 1.165) is 12.1 Å². The van der Waals surface area contributed by atoms with Crippen LogP contribution in [0.15, 0.2) is 37.4 Å². The normalized spacial score (nSPS) is 8.29. The number of hydrogen-bond donors (Lipinski definition) is 0. The fraction of sp³-hybridized carbons (Fsp3) is 0. The minimum Gasteiger partial charge on any atom is -0.545 e. The van der Waals surface area contributed by atoms with Crippen molar-refractivity contribution in [2.75, 3.05) is 0 Å². The summed E-state index contributed by atoms with van der Waals surface area (Å²) in [5.74, 6) is -3.04. The van der Waals surface area contributed by atoms with Crippen molar-refractivity contribution in [2.24, 2.45) is 0 Å². The van der Waals surface area contributed by atoms with Gasteiger partial charge in [0, 0.05) is 11.1 Å². The predicted octanol–water partition coefficient (Wildman–Crippen LogP) is -0.784. The zero-order valence-corrected chi connectivity index (χ0v) is 7.36. The number of rotatable bonds is 2. The first-order valence-corrected chi connectivity index (χ1v) is 3.64. The van der Waals surface area contributed by atoms with Crippen molar-refractivity contribution in [3.8, 4) is 0 Å². The van der Waals surface area contributed by atoms with Crippen molar-refractivity contribution in [3.05, 3.63) is 48.6 Å². The zero-order valence-electron chi connectivity index (χ0n) is 7.36. The molecule has 74 valence electrons. The lowest BCUT2D eigenvalue weighted by Crippen LogP contribution is -2.29. The minimum atomic E-state index is -1.52. The van der Waals surface area contributed by atoms with Gasteiger partial charge in [-0.25, -0.2) is 0 Å². The van der Waals surface area contributed by atoms with Gasteiger partial charge in [-0.2, -0.15) is 0 Å². The summed E-state index contributed by atoms with van der Waals surface area (Å²) in [6.45, 7) is 6.00. The lowest BCUT2D eigenvalue weighted by Gasteiger charge is -2.09. The van der Waals surface area contributed by atoms with Gasteiger partial charge in [0.15, 0.2) is 0 Å². The van der Waals surface area contributed by atoms with E-state index in [-0.39, 0.29) is 11.1 Å². The number of carboxylic acids is 2. The van der Waals surface area contributed by atoms with Crippen molar-refractivity contribution in [2.45, 2.75) is 0 Å². The molecule has 1 rings (SSSR count). The molecule has 0 aromatic heterocycles. The summed E-state index contributed by atoms with van der Waals surface area (Å²) in [7, 11) is 0. The first-order chi connectivity index (χ1) is 6.63. The molecule has 4 heteroatoms. The molecule has 0 saturated heterocycles. The van der Waals surface area contributed by atoms with Crippen LogP contribution < -0.4 is 10.2 Å². The van der Waals surface area contributed by atoms with Crippen LogP contribution in [0.5, 0.6) is 0 Å². The van der Waals surface area contributed by atoms with E-state index in [9.17, 15) is 19.8 Å². The Balaban J connectivity index is 0.000000791. The first kappa shape index (κ1) is 11.9. The summed E-state index contributed by atoms with van der Waals surface area (Å²) in [6, 6.07) is 5.14. The molecular weight excluding hydrogens is 184 g/mol. The Kier molecular flexibility index (Phi) is 4.70. The molecule has 0 atom stereocenters. The molecule has 1 aromatic carbocycles. The molecular formula is C10H8O4-2. The number of carbonyl (C=O) groups excluding carboxylic acids is 2. The van der Waals surface area contributed by atoms with Gasteiger partial charge in [-0.15, -0.1) is 13.2 Å². The van der Waals surface area contributed by atoms with Crippen molar-refractivity contribution in [1.29, 1.82) is 0 Å². The van der Waals surface area contributed by atoms with Crippen molar-refractivity contribution >= 4 is 11.9 Å². The molecule has 0 heterocycles. The summed E-state index contributed by atoms with van der Waals surface area (Å²) in [5, 5.41) is 20.6. The van der Waals surface area contributed by atoms with Crippen molar-refractivity contribution < 1.29 is 19.8 Å². The Morgan fingerprint density at radius 2 is 1.21 bits per heavy atom. The van der Waals surface area contributed by atoms with Crippen LogP contribution in [0.25, 0.3) is 0 Å². The molecule has 0 aliphatic rings. The van der Waals surface area contributed by atoms with Gasteiger partial charge in [-0.05, 0) is 0 Å². The first-order valence-electron chi connectivity index (χ1n) is 3.64. The SMILES string of the molecule is C=C.O=C([O-])c1ccccc1C(=O)[O-]. The topological polar surface area (TPSA) is 80.3 Å². The standard InChI is InChI=1S/C8H6O4.C2H4/c9-7(10)5-3-1-2-4-6(5)8(11)12;1-2/h1-4H,(H,9,10)(H,11,12);1-2H2/p-2. The molecule has 0 fully saturated rings. The summed E-state index contributed by atoms with van der Waals surface area (Å²) in [5.41, 5.74) is -0.727. The van der Waals surface area contributed by atoms with E-state index in [4.69, 9.17) is 0 Å². The molecule has 0 aliphatic heterocycles. The number of aromatic carboxylic acids is 2. The molecule has 14 heavy (non-hydrogen) atoms. The predicted molar refractivity (Wildman–Crippen MR) is 46.4 cm³/mol. The largest absolute Gasteiger partial charge is 0.545 e. The van der Waals surface area contributed by atoms with Crippen LogP contribution in [-0.2, 0) is 0 Å². The van der Waals surface area contributed by atoms with Gasteiger partial charge in [0.1, 0.15) is 0 Å². The Morgan fingerprint density at radius 3 is 1.43 bits per heavy atom. The van der Waals surface area contributed by atoms with E-state index in [1.807, 2.05) is 0 Å². The molecule has 0 amide bonds. The second kappa shape index (κ2) is 5.53. The molecule has 1 aromatic rings. The van der Waals surface area contributed by atoms with E-state index < -0.39 is 11.9 Å². The monoisotopic (exact) mass is 192 g/mol. The molecule has 0 saturated carbocycles. The fourth-order valence-electron chi connectivity index (χ4n) is 0.839. The third kappa shape index (κ3) is 2.75. The highest BCUT2D eigenvalue weighted by Gasteiger charge is 2.01. The van der Waals surface area contributed by atoms with E-state index in [1.54, 1.807) is 0 Å². The quantitative estimate of drug-likeness (QED) is 0.575. The zero-order chi connectivity index (χ0) is 11.1. The molecule has 0 spiro atoms.